The number of anilines is 1. The Kier molecular flexibility index (Phi) is 6.20. The van der Waals surface area contributed by atoms with Crippen LogP contribution in [0.4, 0.5) is 5.69 Å². The molecule has 0 atom stereocenters. The van der Waals surface area contributed by atoms with Gasteiger partial charge in [-0.2, -0.15) is 0 Å². The van der Waals surface area contributed by atoms with Crippen LogP contribution in [0, 0.1) is 0 Å². The number of hydrogen-bond acceptors (Lipinski definition) is 6. The van der Waals surface area contributed by atoms with Crippen LogP contribution in [0.2, 0.25) is 5.02 Å². The van der Waals surface area contributed by atoms with Crippen LogP contribution in [0.5, 0.6) is 11.5 Å². The summed E-state index contributed by atoms with van der Waals surface area (Å²) in [6.07, 6.45) is 0. The number of nitrogens with zero attached hydrogens (tertiary/aromatic N) is 2. The molecule has 0 radical (unpaired) electrons. The number of halogens is 1. The Labute approximate surface area is 165 Å². The summed E-state index contributed by atoms with van der Waals surface area (Å²) in [5.41, 5.74) is 1.48. The molecule has 0 aliphatic heterocycles. The number of thioether (sulfide) groups is 1. The molecule has 3 aromatic rings. The topological polar surface area (TPSA) is 89.1 Å². The lowest BCUT2D eigenvalue weighted by molar-refractivity contribution is -0.113. The predicted octanol–water partition coefficient (Wildman–Crippen LogP) is 3.87. The Balaban J connectivity index is 1.56. The third kappa shape index (κ3) is 4.93. The van der Waals surface area contributed by atoms with E-state index in [2.05, 4.69) is 20.5 Å². The largest absolute Gasteiger partial charge is 0.497 e. The van der Waals surface area contributed by atoms with E-state index in [1.807, 2.05) is 24.3 Å². The van der Waals surface area contributed by atoms with Gasteiger partial charge in [0.15, 0.2) is 5.82 Å². The molecule has 0 aliphatic rings. The first kappa shape index (κ1) is 19.1. The highest BCUT2D eigenvalue weighted by Gasteiger charge is 2.10. The lowest BCUT2D eigenvalue weighted by atomic mass is 10.2. The molecule has 1 amide bonds. The van der Waals surface area contributed by atoms with Crippen LogP contribution in [0.15, 0.2) is 47.6 Å². The van der Waals surface area contributed by atoms with Crippen LogP contribution in [-0.2, 0) is 4.79 Å². The molecule has 140 valence electrons. The summed E-state index contributed by atoms with van der Waals surface area (Å²) in [6, 6.07) is 12.5. The van der Waals surface area contributed by atoms with Gasteiger partial charge in [0.1, 0.15) is 11.5 Å². The van der Waals surface area contributed by atoms with Crippen LogP contribution < -0.4 is 14.8 Å². The number of benzene rings is 2. The molecule has 1 heterocycles. The van der Waals surface area contributed by atoms with Crippen LogP contribution in [0.3, 0.4) is 0 Å². The van der Waals surface area contributed by atoms with Gasteiger partial charge in [0.25, 0.3) is 0 Å². The number of aromatic nitrogens is 3. The van der Waals surface area contributed by atoms with Crippen LogP contribution in [0.25, 0.3) is 11.4 Å². The van der Waals surface area contributed by atoms with Crippen molar-refractivity contribution in [1.82, 2.24) is 15.2 Å². The van der Waals surface area contributed by atoms with E-state index in [0.717, 1.165) is 11.3 Å². The highest BCUT2D eigenvalue weighted by atomic mass is 35.5. The van der Waals surface area contributed by atoms with Gasteiger partial charge in [-0.25, -0.2) is 4.98 Å². The summed E-state index contributed by atoms with van der Waals surface area (Å²) in [6.45, 7) is 0. The number of methoxy groups -OCH3 is 2. The van der Waals surface area contributed by atoms with E-state index < -0.39 is 0 Å². The van der Waals surface area contributed by atoms with Crippen molar-refractivity contribution in [2.75, 3.05) is 25.3 Å². The molecule has 27 heavy (non-hydrogen) atoms. The van der Waals surface area contributed by atoms with Gasteiger partial charge >= 0.3 is 0 Å². The SMILES string of the molecule is COc1ccc(-c2nc(SCC(=O)Nc3ccc(OC)c(Cl)c3)n[nH]2)cc1. The molecule has 0 unspecified atom stereocenters. The van der Waals surface area contributed by atoms with E-state index >= 15 is 0 Å². The molecule has 0 saturated heterocycles. The first-order valence-electron chi connectivity index (χ1n) is 7.92. The van der Waals surface area contributed by atoms with Crippen molar-refractivity contribution in [3.63, 3.8) is 0 Å². The van der Waals surface area contributed by atoms with Gasteiger partial charge in [-0.05, 0) is 42.5 Å². The summed E-state index contributed by atoms with van der Waals surface area (Å²) in [5.74, 6) is 1.93. The van der Waals surface area contributed by atoms with E-state index in [4.69, 9.17) is 21.1 Å². The van der Waals surface area contributed by atoms with Gasteiger partial charge in [-0.15, -0.1) is 5.10 Å². The fourth-order valence-corrected chi connectivity index (χ4v) is 3.12. The van der Waals surface area contributed by atoms with E-state index in [9.17, 15) is 4.79 Å². The zero-order chi connectivity index (χ0) is 19.2. The number of ether oxygens (including phenoxy) is 2. The van der Waals surface area contributed by atoms with Gasteiger partial charge in [0.2, 0.25) is 11.1 Å². The molecule has 0 saturated carbocycles. The molecule has 0 aliphatic carbocycles. The molecular formula is C18H17ClN4O3S. The maximum absolute atomic E-state index is 12.1. The summed E-state index contributed by atoms with van der Waals surface area (Å²) >= 11 is 7.29. The molecule has 9 heteroatoms. The summed E-state index contributed by atoms with van der Waals surface area (Å²) in [5, 5.41) is 10.7. The third-order valence-electron chi connectivity index (χ3n) is 3.60. The van der Waals surface area contributed by atoms with Gasteiger partial charge in [-0.3, -0.25) is 9.89 Å². The maximum Gasteiger partial charge on any atom is 0.234 e. The van der Waals surface area contributed by atoms with E-state index in [0.29, 0.717) is 27.4 Å². The van der Waals surface area contributed by atoms with Crippen molar-refractivity contribution in [2.45, 2.75) is 5.16 Å². The fraction of sp³-hybridized carbons (Fsp3) is 0.167. The van der Waals surface area contributed by atoms with Crippen molar-refractivity contribution in [1.29, 1.82) is 0 Å². The minimum atomic E-state index is -0.183. The van der Waals surface area contributed by atoms with Gasteiger partial charge in [-0.1, -0.05) is 23.4 Å². The second-order valence-corrected chi connectivity index (χ2v) is 6.73. The lowest BCUT2D eigenvalue weighted by Gasteiger charge is -2.07. The monoisotopic (exact) mass is 404 g/mol. The maximum atomic E-state index is 12.1. The molecule has 7 nitrogen and oxygen atoms in total. The number of rotatable bonds is 7. The quantitative estimate of drug-likeness (QED) is 0.581. The summed E-state index contributed by atoms with van der Waals surface area (Å²) < 4.78 is 10.2. The number of carbonyl (C=O) groups is 1. The van der Waals surface area contributed by atoms with Gasteiger partial charge < -0.3 is 14.8 Å². The predicted molar refractivity (Wildman–Crippen MR) is 106 cm³/mol. The van der Waals surface area contributed by atoms with Crippen molar-refractivity contribution in [3.05, 3.63) is 47.5 Å². The van der Waals surface area contributed by atoms with Crippen LogP contribution in [-0.4, -0.2) is 41.1 Å². The molecular weight excluding hydrogens is 388 g/mol. The van der Waals surface area contributed by atoms with Crippen molar-refractivity contribution in [2.24, 2.45) is 0 Å². The Bertz CT molecular complexity index is 931. The minimum absolute atomic E-state index is 0.170. The highest BCUT2D eigenvalue weighted by molar-refractivity contribution is 7.99. The molecule has 2 aromatic carbocycles. The van der Waals surface area contributed by atoms with Gasteiger partial charge in [0, 0.05) is 11.3 Å². The molecule has 3 rings (SSSR count). The minimum Gasteiger partial charge on any atom is -0.497 e. The normalized spacial score (nSPS) is 10.5. The van der Waals surface area contributed by atoms with E-state index in [-0.39, 0.29) is 11.7 Å². The average molecular weight is 405 g/mol. The molecule has 2 N–H and O–H groups in total. The Morgan fingerprint density at radius 3 is 2.63 bits per heavy atom. The summed E-state index contributed by atoms with van der Waals surface area (Å²) in [4.78, 5) is 16.5. The number of H-pyrrole nitrogens is 1. The lowest BCUT2D eigenvalue weighted by Crippen LogP contribution is -2.14. The highest BCUT2D eigenvalue weighted by Crippen LogP contribution is 2.27. The number of nitrogens with one attached hydrogen (secondary N) is 2. The first-order chi connectivity index (χ1) is 13.1. The standard InChI is InChI=1S/C18H17ClN4O3S/c1-25-13-6-3-11(4-7-13)17-21-18(23-22-17)27-10-16(24)20-12-5-8-15(26-2)14(19)9-12/h3-9H,10H2,1-2H3,(H,20,24)(H,21,22,23). The van der Waals surface area contributed by atoms with Crippen molar-refractivity contribution < 1.29 is 14.3 Å². The second kappa shape index (κ2) is 8.79. The van der Waals surface area contributed by atoms with Crippen molar-refractivity contribution in [3.8, 4) is 22.9 Å². The fourth-order valence-electron chi connectivity index (χ4n) is 2.26. The average Bonchev–Trinajstić information content (AvgIpc) is 3.16. The van der Waals surface area contributed by atoms with Gasteiger partial charge in [0.05, 0.1) is 25.0 Å². The molecule has 0 bridgehead atoms. The number of hydrogen-bond donors (Lipinski definition) is 2. The molecule has 0 fully saturated rings. The first-order valence-corrected chi connectivity index (χ1v) is 9.28. The number of amides is 1. The Hall–Kier alpha value is -2.71. The third-order valence-corrected chi connectivity index (χ3v) is 4.74. The molecule has 0 spiro atoms. The molecule has 1 aromatic heterocycles. The zero-order valence-electron chi connectivity index (χ0n) is 14.7. The van der Waals surface area contributed by atoms with Crippen LogP contribution >= 0.6 is 23.4 Å². The Morgan fingerprint density at radius 2 is 1.96 bits per heavy atom. The number of aromatic amines is 1. The number of carbonyl (C=O) groups excluding carboxylic acids is 1. The zero-order valence-corrected chi connectivity index (χ0v) is 16.2. The summed E-state index contributed by atoms with van der Waals surface area (Å²) in [7, 11) is 3.15. The van der Waals surface area contributed by atoms with E-state index in [1.165, 1.54) is 18.9 Å². The Morgan fingerprint density at radius 1 is 1.19 bits per heavy atom. The van der Waals surface area contributed by atoms with Crippen LogP contribution in [0.1, 0.15) is 0 Å². The van der Waals surface area contributed by atoms with E-state index in [1.54, 1.807) is 25.3 Å². The smallest absolute Gasteiger partial charge is 0.234 e. The van der Waals surface area contributed by atoms with Crippen molar-refractivity contribution >= 4 is 35.0 Å². The second-order valence-electron chi connectivity index (χ2n) is 5.38.